The predicted octanol–water partition coefficient (Wildman–Crippen LogP) is 5.72. The van der Waals surface area contributed by atoms with Crippen molar-refractivity contribution in [2.75, 3.05) is 13.7 Å². The number of nitrogens with one attached hydrogen (secondary N) is 2. The lowest BCUT2D eigenvalue weighted by atomic mass is 10.1. The van der Waals surface area contributed by atoms with Crippen molar-refractivity contribution in [3.05, 3.63) is 90.1 Å². The Morgan fingerprint density at radius 3 is 2.53 bits per heavy atom. The molecule has 34 heavy (non-hydrogen) atoms. The molecule has 170 valence electrons. The molecular formula is C28H25N3O3. The summed E-state index contributed by atoms with van der Waals surface area (Å²) in [5, 5.41) is 4.97. The molecule has 2 heterocycles. The molecule has 0 atom stereocenters. The van der Waals surface area contributed by atoms with Gasteiger partial charge in [-0.1, -0.05) is 48.5 Å². The van der Waals surface area contributed by atoms with Crippen LogP contribution in [0, 0.1) is 0 Å². The highest BCUT2D eigenvalue weighted by Gasteiger charge is 2.18. The lowest BCUT2D eigenvalue weighted by molar-refractivity contribution is 0.0946. The third-order valence-electron chi connectivity index (χ3n) is 5.76. The Labute approximate surface area is 197 Å². The number of aromatic nitrogens is 2. The van der Waals surface area contributed by atoms with Gasteiger partial charge in [-0.2, -0.15) is 0 Å². The SMILES string of the molecule is CCOc1ccc(-c2nc(C(=O)NCc3ccccc3)cc3c2[nH]c2ccccc23)cc1OC. The van der Waals surface area contributed by atoms with Gasteiger partial charge < -0.3 is 19.8 Å². The van der Waals surface area contributed by atoms with Crippen LogP contribution in [-0.4, -0.2) is 29.6 Å². The smallest absolute Gasteiger partial charge is 0.270 e. The number of hydrogen-bond donors (Lipinski definition) is 2. The van der Waals surface area contributed by atoms with Gasteiger partial charge in [0.25, 0.3) is 5.91 Å². The summed E-state index contributed by atoms with van der Waals surface area (Å²) in [6, 6.07) is 25.4. The van der Waals surface area contributed by atoms with E-state index >= 15 is 0 Å². The van der Waals surface area contributed by atoms with Crippen molar-refractivity contribution < 1.29 is 14.3 Å². The Morgan fingerprint density at radius 1 is 0.941 bits per heavy atom. The van der Waals surface area contributed by atoms with E-state index in [4.69, 9.17) is 14.5 Å². The summed E-state index contributed by atoms with van der Waals surface area (Å²) in [6.45, 7) is 2.90. The zero-order chi connectivity index (χ0) is 23.5. The van der Waals surface area contributed by atoms with E-state index in [0.29, 0.717) is 36.0 Å². The lowest BCUT2D eigenvalue weighted by Crippen LogP contribution is -2.24. The van der Waals surface area contributed by atoms with Gasteiger partial charge in [-0.05, 0) is 42.8 Å². The minimum Gasteiger partial charge on any atom is -0.493 e. The first-order valence-corrected chi connectivity index (χ1v) is 11.2. The fourth-order valence-electron chi connectivity index (χ4n) is 4.13. The van der Waals surface area contributed by atoms with E-state index in [9.17, 15) is 4.79 Å². The second-order valence-corrected chi connectivity index (χ2v) is 7.92. The summed E-state index contributed by atoms with van der Waals surface area (Å²) in [7, 11) is 1.61. The molecular weight excluding hydrogens is 426 g/mol. The minimum atomic E-state index is -0.227. The first-order chi connectivity index (χ1) is 16.7. The van der Waals surface area contributed by atoms with Gasteiger partial charge in [-0.25, -0.2) is 4.98 Å². The van der Waals surface area contributed by atoms with Crippen molar-refractivity contribution in [3.63, 3.8) is 0 Å². The molecule has 0 saturated carbocycles. The number of para-hydroxylation sites is 1. The summed E-state index contributed by atoms with van der Waals surface area (Å²) in [4.78, 5) is 21.4. The molecule has 0 radical (unpaired) electrons. The van der Waals surface area contributed by atoms with Crippen molar-refractivity contribution >= 4 is 27.7 Å². The van der Waals surface area contributed by atoms with Crippen LogP contribution >= 0.6 is 0 Å². The lowest BCUT2D eigenvalue weighted by Gasteiger charge is -2.12. The molecule has 5 aromatic rings. The molecule has 0 fully saturated rings. The summed E-state index contributed by atoms with van der Waals surface area (Å²) in [5.41, 5.74) is 4.75. The summed E-state index contributed by atoms with van der Waals surface area (Å²) < 4.78 is 11.2. The van der Waals surface area contributed by atoms with Crippen LogP contribution in [0.25, 0.3) is 33.1 Å². The van der Waals surface area contributed by atoms with Crippen LogP contribution in [-0.2, 0) is 6.54 Å². The Hall–Kier alpha value is -4.32. The molecule has 0 bridgehead atoms. The zero-order valence-corrected chi connectivity index (χ0v) is 19.1. The molecule has 0 saturated heterocycles. The van der Waals surface area contributed by atoms with Gasteiger partial charge in [0.1, 0.15) is 5.69 Å². The van der Waals surface area contributed by atoms with Gasteiger partial charge in [0.15, 0.2) is 11.5 Å². The van der Waals surface area contributed by atoms with Gasteiger partial charge in [0.05, 0.1) is 24.9 Å². The second kappa shape index (κ2) is 9.27. The number of ether oxygens (including phenoxy) is 2. The molecule has 5 rings (SSSR count). The quantitative estimate of drug-likeness (QED) is 0.332. The number of rotatable bonds is 7. The molecule has 0 aliphatic carbocycles. The largest absolute Gasteiger partial charge is 0.493 e. The third-order valence-corrected chi connectivity index (χ3v) is 5.76. The van der Waals surface area contributed by atoms with Crippen LogP contribution in [0.5, 0.6) is 11.5 Å². The minimum absolute atomic E-state index is 0.227. The number of methoxy groups -OCH3 is 1. The molecule has 3 aromatic carbocycles. The molecule has 2 aromatic heterocycles. The Morgan fingerprint density at radius 2 is 1.74 bits per heavy atom. The van der Waals surface area contributed by atoms with Gasteiger partial charge in [-0.3, -0.25) is 4.79 Å². The molecule has 0 unspecified atom stereocenters. The molecule has 0 aliphatic heterocycles. The van der Waals surface area contributed by atoms with E-state index in [1.807, 2.05) is 85.8 Å². The van der Waals surface area contributed by atoms with E-state index in [2.05, 4.69) is 10.3 Å². The maximum atomic E-state index is 13.1. The Bertz CT molecular complexity index is 1480. The maximum Gasteiger partial charge on any atom is 0.270 e. The van der Waals surface area contributed by atoms with Crippen molar-refractivity contribution in [1.82, 2.24) is 15.3 Å². The van der Waals surface area contributed by atoms with Gasteiger partial charge >= 0.3 is 0 Å². The van der Waals surface area contributed by atoms with Crippen LogP contribution in [0.1, 0.15) is 23.0 Å². The maximum absolute atomic E-state index is 13.1. The Kier molecular flexibility index (Phi) is 5.87. The van der Waals surface area contributed by atoms with E-state index in [1.54, 1.807) is 7.11 Å². The van der Waals surface area contributed by atoms with E-state index < -0.39 is 0 Å². The first kappa shape index (κ1) is 21.5. The number of H-pyrrole nitrogens is 1. The van der Waals surface area contributed by atoms with E-state index in [1.165, 1.54) is 0 Å². The molecule has 6 nitrogen and oxygen atoms in total. The van der Waals surface area contributed by atoms with Crippen LogP contribution in [0.15, 0.2) is 78.9 Å². The molecule has 0 aliphatic rings. The van der Waals surface area contributed by atoms with E-state index in [0.717, 1.165) is 32.9 Å². The summed E-state index contributed by atoms with van der Waals surface area (Å²) >= 11 is 0. The second-order valence-electron chi connectivity index (χ2n) is 7.92. The number of nitrogens with zero attached hydrogens (tertiary/aromatic N) is 1. The summed E-state index contributed by atoms with van der Waals surface area (Å²) in [6.07, 6.45) is 0. The molecule has 1 amide bonds. The zero-order valence-electron chi connectivity index (χ0n) is 19.1. The fourth-order valence-corrected chi connectivity index (χ4v) is 4.13. The number of amides is 1. The highest BCUT2D eigenvalue weighted by atomic mass is 16.5. The average Bonchev–Trinajstić information content (AvgIpc) is 3.26. The predicted molar refractivity (Wildman–Crippen MR) is 134 cm³/mol. The standard InChI is InChI=1S/C28H25N3O3/c1-3-34-24-14-13-19(15-25(24)33-2)26-27-21(20-11-7-8-12-22(20)30-27)16-23(31-26)28(32)29-17-18-9-5-4-6-10-18/h4-16,30H,3,17H2,1-2H3,(H,29,32). The summed E-state index contributed by atoms with van der Waals surface area (Å²) in [5.74, 6) is 1.05. The molecule has 0 spiro atoms. The topological polar surface area (TPSA) is 76.2 Å². The number of aromatic amines is 1. The van der Waals surface area contributed by atoms with Gasteiger partial charge in [0.2, 0.25) is 0 Å². The number of carbonyl (C=O) groups is 1. The van der Waals surface area contributed by atoms with Crippen LogP contribution < -0.4 is 14.8 Å². The molecule has 6 heteroatoms. The number of pyridine rings is 1. The highest BCUT2D eigenvalue weighted by Crippen LogP contribution is 2.36. The molecule has 2 N–H and O–H groups in total. The average molecular weight is 452 g/mol. The fraction of sp³-hybridized carbons (Fsp3) is 0.143. The highest BCUT2D eigenvalue weighted by molar-refractivity contribution is 6.13. The number of carbonyl (C=O) groups excluding carboxylic acids is 1. The van der Waals surface area contributed by atoms with Crippen LogP contribution in [0.3, 0.4) is 0 Å². The van der Waals surface area contributed by atoms with Gasteiger partial charge in [0, 0.05) is 28.4 Å². The monoisotopic (exact) mass is 451 g/mol. The van der Waals surface area contributed by atoms with Crippen LogP contribution in [0.4, 0.5) is 0 Å². The van der Waals surface area contributed by atoms with Crippen molar-refractivity contribution in [1.29, 1.82) is 0 Å². The van der Waals surface area contributed by atoms with E-state index in [-0.39, 0.29) is 5.91 Å². The number of hydrogen-bond acceptors (Lipinski definition) is 4. The van der Waals surface area contributed by atoms with Crippen molar-refractivity contribution in [2.24, 2.45) is 0 Å². The van der Waals surface area contributed by atoms with Gasteiger partial charge in [-0.15, -0.1) is 0 Å². The van der Waals surface area contributed by atoms with Crippen molar-refractivity contribution in [2.45, 2.75) is 13.5 Å². The normalized spacial score (nSPS) is 11.0. The Balaban J connectivity index is 1.62. The third kappa shape index (κ3) is 4.06. The number of fused-ring (bicyclic) bond motifs is 3. The number of benzene rings is 3. The van der Waals surface area contributed by atoms with Crippen LogP contribution in [0.2, 0.25) is 0 Å². The van der Waals surface area contributed by atoms with Crippen molar-refractivity contribution in [3.8, 4) is 22.8 Å². The first-order valence-electron chi connectivity index (χ1n) is 11.2.